The van der Waals surface area contributed by atoms with Gasteiger partial charge in [0.1, 0.15) is 0 Å². The van der Waals surface area contributed by atoms with Crippen LogP contribution in [-0.4, -0.2) is 45.2 Å². The molecule has 2 rings (SSSR count). The van der Waals surface area contributed by atoms with E-state index in [1.807, 2.05) is 0 Å². The van der Waals surface area contributed by atoms with Crippen molar-refractivity contribution in [2.45, 2.75) is 24.8 Å². The zero-order valence-corrected chi connectivity index (χ0v) is 13.4. The summed E-state index contributed by atoms with van der Waals surface area (Å²) in [5.74, 6) is -0.430. The van der Waals surface area contributed by atoms with Gasteiger partial charge in [-0.2, -0.15) is 0 Å². The highest BCUT2D eigenvalue weighted by Crippen LogP contribution is 2.20. The summed E-state index contributed by atoms with van der Waals surface area (Å²) in [7, 11) is -3.88. The third-order valence-electron chi connectivity index (χ3n) is 4.02. The number of aryl methyl sites for hydroxylation is 1. The Labute approximate surface area is 130 Å². The molecule has 0 aliphatic carbocycles. The topological polar surface area (TPSA) is 122 Å². The zero-order chi connectivity index (χ0) is 16.5. The number of benzene rings is 1. The standard InChI is InChI=1S/C14H21N3O4S/c1-8-3-10(4-13(9(8)2)22(15,20)21)14(19)17-6-11-5-16-7-12(11)18/h3-4,11-12,16,18H,5-7H2,1-2H3,(H,17,19)(H2,15,20,21). The van der Waals surface area contributed by atoms with Gasteiger partial charge < -0.3 is 15.7 Å². The summed E-state index contributed by atoms with van der Waals surface area (Å²) in [5.41, 5.74) is 1.46. The lowest BCUT2D eigenvalue weighted by molar-refractivity contribution is 0.0926. The van der Waals surface area contributed by atoms with Crippen molar-refractivity contribution >= 4 is 15.9 Å². The molecular formula is C14H21N3O4S. The van der Waals surface area contributed by atoms with E-state index in [2.05, 4.69) is 10.6 Å². The van der Waals surface area contributed by atoms with Crippen molar-refractivity contribution in [2.24, 2.45) is 11.1 Å². The Morgan fingerprint density at radius 3 is 2.64 bits per heavy atom. The Bertz CT molecular complexity index is 688. The van der Waals surface area contributed by atoms with Crippen molar-refractivity contribution in [3.63, 3.8) is 0 Å². The number of hydrogen-bond donors (Lipinski definition) is 4. The summed E-state index contributed by atoms with van der Waals surface area (Å²) in [5, 5.41) is 20.6. The van der Waals surface area contributed by atoms with Crippen molar-refractivity contribution in [1.29, 1.82) is 0 Å². The molecule has 122 valence electrons. The lowest BCUT2D eigenvalue weighted by Crippen LogP contribution is -2.34. The van der Waals surface area contributed by atoms with Crippen LogP contribution in [0.1, 0.15) is 21.5 Å². The maximum Gasteiger partial charge on any atom is 0.251 e. The third-order valence-corrected chi connectivity index (χ3v) is 5.05. The van der Waals surface area contributed by atoms with E-state index in [0.29, 0.717) is 30.8 Å². The Morgan fingerprint density at radius 2 is 2.09 bits per heavy atom. The number of carbonyl (C=O) groups is 1. The van der Waals surface area contributed by atoms with Crippen LogP contribution in [0.2, 0.25) is 0 Å². The van der Waals surface area contributed by atoms with Gasteiger partial charge in [0.25, 0.3) is 5.91 Å². The number of aliphatic hydroxyl groups excluding tert-OH is 1. The summed E-state index contributed by atoms with van der Waals surface area (Å²) in [6.45, 7) is 4.85. The molecule has 1 fully saturated rings. The van der Waals surface area contributed by atoms with Gasteiger partial charge >= 0.3 is 0 Å². The van der Waals surface area contributed by atoms with Crippen molar-refractivity contribution in [1.82, 2.24) is 10.6 Å². The highest BCUT2D eigenvalue weighted by atomic mass is 32.2. The summed E-state index contributed by atoms with van der Waals surface area (Å²) >= 11 is 0. The van der Waals surface area contributed by atoms with Crippen LogP contribution >= 0.6 is 0 Å². The van der Waals surface area contributed by atoms with Crippen LogP contribution in [0.15, 0.2) is 17.0 Å². The number of primary sulfonamides is 1. The van der Waals surface area contributed by atoms with Gasteiger partial charge in [0.05, 0.1) is 11.0 Å². The van der Waals surface area contributed by atoms with Crippen LogP contribution in [0.4, 0.5) is 0 Å². The molecule has 0 radical (unpaired) electrons. The predicted molar refractivity (Wildman–Crippen MR) is 82.0 cm³/mol. The van der Waals surface area contributed by atoms with Gasteiger partial charge in [-0.3, -0.25) is 4.79 Å². The number of carbonyl (C=O) groups excluding carboxylic acids is 1. The van der Waals surface area contributed by atoms with Crippen molar-refractivity contribution < 1.29 is 18.3 Å². The van der Waals surface area contributed by atoms with E-state index in [9.17, 15) is 18.3 Å². The van der Waals surface area contributed by atoms with Crippen LogP contribution in [-0.2, 0) is 10.0 Å². The number of nitrogens with two attached hydrogens (primary N) is 1. The minimum absolute atomic E-state index is 0.0415. The largest absolute Gasteiger partial charge is 0.391 e. The molecule has 8 heteroatoms. The average molecular weight is 327 g/mol. The number of sulfonamides is 1. The molecule has 1 aromatic rings. The Kier molecular flexibility index (Phi) is 4.86. The number of amides is 1. The molecule has 0 spiro atoms. The average Bonchev–Trinajstić information content (AvgIpc) is 2.83. The number of nitrogens with one attached hydrogen (secondary N) is 2. The molecule has 22 heavy (non-hydrogen) atoms. The minimum atomic E-state index is -3.88. The first-order chi connectivity index (χ1) is 10.2. The van der Waals surface area contributed by atoms with E-state index in [4.69, 9.17) is 5.14 Å². The molecule has 7 nitrogen and oxygen atoms in total. The summed E-state index contributed by atoms with van der Waals surface area (Å²) < 4.78 is 23.2. The molecule has 1 heterocycles. The molecule has 0 aromatic heterocycles. The summed E-state index contributed by atoms with van der Waals surface area (Å²) in [6, 6.07) is 2.92. The maximum absolute atomic E-state index is 12.2. The molecule has 0 saturated carbocycles. The maximum atomic E-state index is 12.2. The molecule has 0 bridgehead atoms. The number of hydrogen-bond acceptors (Lipinski definition) is 5. The molecule has 2 unspecified atom stereocenters. The Hall–Kier alpha value is -1.48. The van der Waals surface area contributed by atoms with E-state index in [-0.39, 0.29) is 22.3 Å². The third kappa shape index (κ3) is 3.64. The number of aliphatic hydroxyl groups is 1. The second kappa shape index (κ2) is 6.33. The van der Waals surface area contributed by atoms with Gasteiger partial charge in [0, 0.05) is 31.1 Å². The van der Waals surface area contributed by atoms with E-state index < -0.39 is 16.1 Å². The molecule has 5 N–H and O–H groups in total. The molecular weight excluding hydrogens is 306 g/mol. The smallest absolute Gasteiger partial charge is 0.251 e. The van der Waals surface area contributed by atoms with E-state index >= 15 is 0 Å². The van der Waals surface area contributed by atoms with Crippen molar-refractivity contribution in [2.75, 3.05) is 19.6 Å². The van der Waals surface area contributed by atoms with Gasteiger partial charge in [-0.1, -0.05) is 0 Å². The normalized spacial score (nSPS) is 21.8. The summed E-state index contributed by atoms with van der Waals surface area (Å²) in [6.07, 6.45) is -0.486. The monoisotopic (exact) mass is 327 g/mol. The Balaban J connectivity index is 2.18. The van der Waals surface area contributed by atoms with Crippen LogP contribution in [0.3, 0.4) is 0 Å². The lowest BCUT2D eigenvalue weighted by Gasteiger charge is -2.15. The van der Waals surface area contributed by atoms with Crippen LogP contribution in [0.25, 0.3) is 0 Å². The summed E-state index contributed by atoms with van der Waals surface area (Å²) in [4.78, 5) is 12.2. The highest BCUT2D eigenvalue weighted by molar-refractivity contribution is 7.89. The van der Waals surface area contributed by atoms with Gasteiger partial charge in [0.15, 0.2) is 0 Å². The van der Waals surface area contributed by atoms with Crippen LogP contribution < -0.4 is 15.8 Å². The van der Waals surface area contributed by atoms with Gasteiger partial charge in [0.2, 0.25) is 10.0 Å². The fourth-order valence-corrected chi connectivity index (χ4v) is 3.39. The minimum Gasteiger partial charge on any atom is -0.391 e. The van der Waals surface area contributed by atoms with E-state index in [1.165, 1.54) is 6.07 Å². The van der Waals surface area contributed by atoms with Crippen LogP contribution in [0, 0.1) is 19.8 Å². The van der Waals surface area contributed by atoms with E-state index in [0.717, 1.165) is 0 Å². The SMILES string of the molecule is Cc1cc(C(=O)NCC2CNCC2O)cc(S(N)(=O)=O)c1C. The lowest BCUT2D eigenvalue weighted by atomic mass is 10.0. The van der Waals surface area contributed by atoms with Gasteiger partial charge in [-0.05, 0) is 37.1 Å². The molecule has 2 atom stereocenters. The molecule has 1 aliphatic rings. The second-order valence-electron chi connectivity index (χ2n) is 5.66. The van der Waals surface area contributed by atoms with Crippen molar-refractivity contribution in [3.8, 4) is 0 Å². The predicted octanol–water partition coefficient (Wildman–Crippen LogP) is -0.739. The van der Waals surface area contributed by atoms with Crippen molar-refractivity contribution in [3.05, 3.63) is 28.8 Å². The number of β-amino-alcohol motifs (C(OH)–C–C–N with tert-alkyl or cyclic N) is 1. The molecule has 1 aliphatic heterocycles. The fourth-order valence-electron chi connectivity index (χ4n) is 2.51. The van der Waals surface area contributed by atoms with Gasteiger partial charge in [-0.25, -0.2) is 13.6 Å². The van der Waals surface area contributed by atoms with Gasteiger partial charge in [-0.15, -0.1) is 0 Å². The van der Waals surface area contributed by atoms with E-state index in [1.54, 1.807) is 19.9 Å². The first kappa shape index (κ1) is 16.9. The number of rotatable bonds is 4. The van der Waals surface area contributed by atoms with Crippen LogP contribution in [0.5, 0.6) is 0 Å². The highest BCUT2D eigenvalue weighted by Gasteiger charge is 2.25. The molecule has 1 amide bonds. The zero-order valence-electron chi connectivity index (χ0n) is 12.6. The Morgan fingerprint density at radius 1 is 1.41 bits per heavy atom. The molecule has 1 saturated heterocycles. The fraction of sp³-hybridized carbons (Fsp3) is 0.500. The molecule has 1 aromatic carbocycles. The second-order valence-corrected chi connectivity index (χ2v) is 7.19. The first-order valence-corrected chi connectivity index (χ1v) is 8.56. The quantitative estimate of drug-likeness (QED) is 0.580. The first-order valence-electron chi connectivity index (χ1n) is 7.01.